The monoisotopic (exact) mass is 166 g/mol. The van der Waals surface area contributed by atoms with Gasteiger partial charge in [-0.05, 0) is 0 Å². The number of hydrogen-bond donors (Lipinski definition) is 2. The molecule has 0 saturated heterocycles. The third-order valence-corrected chi connectivity index (χ3v) is 1.11. The fraction of sp³-hybridized carbons (Fsp3) is 0.833. The van der Waals surface area contributed by atoms with E-state index in [0.29, 0.717) is 6.54 Å². The molecule has 0 heterocycles. The van der Waals surface area contributed by atoms with E-state index in [2.05, 4.69) is 10.6 Å². The lowest BCUT2D eigenvalue weighted by molar-refractivity contribution is -0.120. The van der Waals surface area contributed by atoms with Gasteiger partial charge in [-0.2, -0.15) is 0 Å². The van der Waals surface area contributed by atoms with Crippen molar-refractivity contribution in [2.45, 2.75) is 12.8 Å². The predicted molar refractivity (Wildman–Crippen MR) is 37.6 cm³/mol. The molecule has 0 spiro atoms. The molecule has 3 nitrogen and oxygen atoms in total. The molecule has 66 valence electrons. The molecule has 5 heteroatoms. The first-order valence-corrected chi connectivity index (χ1v) is 3.36. The summed E-state index contributed by atoms with van der Waals surface area (Å²) >= 11 is 0. The molecule has 1 amide bonds. The Morgan fingerprint density at radius 3 is 2.64 bits per heavy atom. The van der Waals surface area contributed by atoms with Crippen LogP contribution in [0.25, 0.3) is 0 Å². The molecule has 0 bridgehead atoms. The molecule has 0 radical (unpaired) electrons. The smallest absolute Gasteiger partial charge is 0.250 e. The fourth-order valence-corrected chi connectivity index (χ4v) is 0.538. The van der Waals surface area contributed by atoms with Crippen LogP contribution in [0.1, 0.15) is 6.42 Å². The number of carbonyl (C=O) groups is 1. The Labute approximate surface area is 64.2 Å². The van der Waals surface area contributed by atoms with Gasteiger partial charge in [0, 0.05) is 20.0 Å². The van der Waals surface area contributed by atoms with E-state index >= 15 is 0 Å². The Balaban J connectivity index is 3.08. The maximum atomic E-state index is 11.5. The van der Waals surface area contributed by atoms with E-state index < -0.39 is 6.43 Å². The van der Waals surface area contributed by atoms with E-state index in [-0.39, 0.29) is 18.9 Å². The highest BCUT2D eigenvalue weighted by Crippen LogP contribution is 1.87. The second kappa shape index (κ2) is 6.03. The average molecular weight is 166 g/mol. The molecule has 0 rings (SSSR count). The summed E-state index contributed by atoms with van der Waals surface area (Å²) in [5.74, 6) is -0.147. The van der Waals surface area contributed by atoms with E-state index in [4.69, 9.17) is 0 Å². The lowest BCUT2D eigenvalue weighted by Gasteiger charge is -2.01. The molecule has 0 saturated carbocycles. The summed E-state index contributed by atoms with van der Waals surface area (Å²) in [6.07, 6.45) is -2.11. The van der Waals surface area contributed by atoms with E-state index in [1.807, 2.05) is 0 Å². The van der Waals surface area contributed by atoms with Crippen LogP contribution in [0.15, 0.2) is 0 Å². The highest BCUT2D eigenvalue weighted by molar-refractivity contribution is 5.75. The van der Waals surface area contributed by atoms with Gasteiger partial charge < -0.3 is 10.6 Å². The van der Waals surface area contributed by atoms with Gasteiger partial charge in [-0.3, -0.25) is 4.79 Å². The summed E-state index contributed by atoms with van der Waals surface area (Å²) in [5.41, 5.74) is 0. The summed E-state index contributed by atoms with van der Waals surface area (Å²) in [5, 5.41) is 4.83. The molecule has 0 unspecified atom stereocenters. The Bertz CT molecular complexity index is 119. The van der Waals surface area contributed by atoms with E-state index in [0.717, 1.165) is 0 Å². The third-order valence-electron chi connectivity index (χ3n) is 1.11. The molecule has 0 aromatic rings. The van der Waals surface area contributed by atoms with Crippen LogP contribution in [0, 0.1) is 0 Å². The van der Waals surface area contributed by atoms with Crippen molar-refractivity contribution in [1.29, 1.82) is 0 Å². The van der Waals surface area contributed by atoms with Crippen molar-refractivity contribution in [3.05, 3.63) is 0 Å². The third kappa shape index (κ3) is 7.18. The molecule has 11 heavy (non-hydrogen) atoms. The highest BCUT2D eigenvalue weighted by atomic mass is 19.3. The normalized spacial score (nSPS) is 10.2. The minimum atomic E-state index is -2.35. The molecule has 0 aromatic heterocycles. The fourth-order valence-electron chi connectivity index (χ4n) is 0.538. The number of nitrogens with one attached hydrogen (secondary N) is 2. The summed E-state index contributed by atoms with van der Waals surface area (Å²) in [4.78, 5) is 10.5. The molecule has 0 aliphatic heterocycles. The Morgan fingerprint density at radius 2 is 2.18 bits per heavy atom. The SMILES string of the molecule is CNC(=O)CCNCC(F)F. The first kappa shape index (κ1) is 10.3. The zero-order valence-corrected chi connectivity index (χ0v) is 6.36. The molecule has 0 aliphatic rings. The Kier molecular flexibility index (Phi) is 5.64. The van der Waals surface area contributed by atoms with Gasteiger partial charge in [0.25, 0.3) is 6.43 Å². The van der Waals surface area contributed by atoms with Crippen molar-refractivity contribution in [2.75, 3.05) is 20.1 Å². The van der Waals surface area contributed by atoms with Crippen LogP contribution in [0.4, 0.5) is 8.78 Å². The topological polar surface area (TPSA) is 41.1 Å². The van der Waals surface area contributed by atoms with E-state index in [1.165, 1.54) is 7.05 Å². The van der Waals surface area contributed by atoms with Gasteiger partial charge in [0.15, 0.2) is 0 Å². The molecular formula is C6H12F2N2O. The number of carbonyl (C=O) groups excluding carboxylic acids is 1. The van der Waals surface area contributed by atoms with Crippen molar-refractivity contribution in [3.8, 4) is 0 Å². The van der Waals surface area contributed by atoms with Crippen LogP contribution >= 0.6 is 0 Å². The number of amides is 1. The van der Waals surface area contributed by atoms with Crippen molar-refractivity contribution in [2.24, 2.45) is 0 Å². The maximum absolute atomic E-state index is 11.5. The number of alkyl halides is 2. The summed E-state index contributed by atoms with van der Waals surface area (Å²) in [6, 6.07) is 0. The Morgan fingerprint density at radius 1 is 1.55 bits per heavy atom. The van der Waals surface area contributed by atoms with Gasteiger partial charge in [-0.1, -0.05) is 0 Å². The second-order valence-corrected chi connectivity index (χ2v) is 2.02. The molecular weight excluding hydrogens is 154 g/mol. The van der Waals surface area contributed by atoms with Gasteiger partial charge in [-0.25, -0.2) is 8.78 Å². The predicted octanol–water partition coefficient (Wildman–Crippen LogP) is -0.0228. The summed E-state index contributed by atoms with van der Waals surface area (Å²) in [7, 11) is 1.51. The van der Waals surface area contributed by atoms with Crippen molar-refractivity contribution < 1.29 is 13.6 Å². The molecule has 2 N–H and O–H groups in total. The summed E-state index contributed by atoms with van der Waals surface area (Å²) in [6.45, 7) is -0.0546. The number of halogens is 2. The quantitative estimate of drug-likeness (QED) is 0.563. The first-order valence-electron chi connectivity index (χ1n) is 3.36. The molecule has 0 fully saturated rings. The van der Waals surface area contributed by atoms with E-state index in [1.54, 1.807) is 0 Å². The van der Waals surface area contributed by atoms with Crippen LogP contribution in [-0.4, -0.2) is 32.5 Å². The minimum Gasteiger partial charge on any atom is -0.359 e. The van der Waals surface area contributed by atoms with Crippen LogP contribution in [-0.2, 0) is 4.79 Å². The van der Waals surface area contributed by atoms with Gasteiger partial charge in [0.1, 0.15) is 0 Å². The lowest BCUT2D eigenvalue weighted by atomic mass is 10.4. The Hall–Kier alpha value is -0.710. The highest BCUT2D eigenvalue weighted by Gasteiger charge is 2.01. The molecule has 0 atom stereocenters. The zero-order chi connectivity index (χ0) is 8.69. The van der Waals surface area contributed by atoms with Gasteiger partial charge in [0.2, 0.25) is 5.91 Å². The molecule has 0 aliphatic carbocycles. The van der Waals surface area contributed by atoms with Crippen LogP contribution in [0.5, 0.6) is 0 Å². The largest absolute Gasteiger partial charge is 0.359 e. The van der Waals surface area contributed by atoms with Crippen LogP contribution < -0.4 is 10.6 Å². The van der Waals surface area contributed by atoms with Crippen molar-refractivity contribution >= 4 is 5.91 Å². The number of rotatable bonds is 5. The number of hydrogen-bond acceptors (Lipinski definition) is 2. The van der Waals surface area contributed by atoms with E-state index in [9.17, 15) is 13.6 Å². The van der Waals surface area contributed by atoms with Gasteiger partial charge >= 0.3 is 0 Å². The second-order valence-electron chi connectivity index (χ2n) is 2.02. The molecule has 0 aromatic carbocycles. The average Bonchev–Trinajstić information content (AvgIpc) is 1.97. The van der Waals surface area contributed by atoms with Gasteiger partial charge in [-0.15, -0.1) is 0 Å². The minimum absolute atomic E-state index is 0.147. The maximum Gasteiger partial charge on any atom is 0.250 e. The standard InChI is InChI=1S/C6H12F2N2O/c1-9-6(11)2-3-10-4-5(7)8/h5,10H,2-4H2,1H3,(H,9,11). The summed E-state index contributed by atoms with van der Waals surface area (Å²) < 4.78 is 23.0. The lowest BCUT2D eigenvalue weighted by Crippen LogP contribution is -2.27. The first-order chi connectivity index (χ1) is 5.16. The van der Waals surface area contributed by atoms with Crippen molar-refractivity contribution in [3.63, 3.8) is 0 Å². The van der Waals surface area contributed by atoms with Crippen molar-refractivity contribution in [1.82, 2.24) is 10.6 Å². The zero-order valence-electron chi connectivity index (χ0n) is 6.36. The van der Waals surface area contributed by atoms with Crippen LogP contribution in [0.3, 0.4) is 0 Å². The van der Waals surface area contributed by atoms with Crippen LogP contribution in [0.2, 0.25) is 0 Å². The van der Waals surface area contributed by atoms with Gasteiger partial charge in [0.05, 0.1) is 6.54 Å².